The molecule has 1 unspecified atom stereocenters. The van der Waals surface area contributed by atoms with Gasteiger partial charge in [0.2, 0.25) is 5.91 Å². The van der Waals surface area contributed by atoms with Gasteiger partial charge in [-0.05, 0) is 6.92 Å². The predicted octanol–water partition coefficient (Wildman–Crippen LogP) is -1.07. The van der Waals surface area contributed by atoms with Crippen molar-refractivity contribution in [3.8, 4) is 0 Å². The third kappa shape index (κ3) is 5.09. The molecule has 0 fully saturated rings. The first kappa shape index (κ1) is 12.4. The number of carboxylic acid groups (broad SMARTS) is 1. The molecule has 0 aliphatic rings. The molecule has 7 heteroatoms. The summed E-state index contributed by atoms with van der Waals surface area (Å²) in [5, 5.41) is 12.7. The minimum atomic E-state index is -1.07. The molecule has 14 heavy (non-hydrogen) atoms. The molecule has 0 aromatic heterocycles. The Morgan fingerprint density at radius 3 is 2.43 bits per heavy atom. The van der Waals surface area contributed by atoms with Gasteiger partial charge in [-0.3, -0.25) is 20.2 Å². The van der Waals surface area contributed by atoms with Crippen LogP contribution in [0.2, 0.25) is 0 Å². The van der Waals surface area contributed by atoms with Crippen LogP contribution in [0.5, 0.6) is 0 Å². The number of aliphatic carboxylic acids is 1. The Balaban J connectivity index is 3.74. The molecule has 0 heterocycles. The number of hydrogen-bond acceptors (Lipinski definition) is 5. The van der Waals surface area contributed by atoms with Crippen LogP contribution in [0.4, 0.5) is 4.79 Å². The second kappa shape index (κ2) is 5.92. The minimum absolute atomic E-state index is 0.261. The molecule has 0 saturated heterocycles. The third-order valence-corrected chi connectivity index (χ3v) is 1.37. The van der Waals surface area contributed by atoms with Crippen molar-refractivity contribution in [2.24, 2.45) is 0 Å². The van der Waals surface area contributed by atoms with Gasteiger partial charge >= 0.3 is 12.1 Å². The summed E-state index contributed by atoms with van der Waals surface area (Å²) in [7, 11) is 1.12. The van der Waals surface area contributed by atoms with Gasteiger partial charge in [0, 0.05) is 0 Å². The highest BCUT2D eigenvalue weighted by atomic mass is 16.5. The summed E-state index contributed by atoms with van der Waals surface area (Å²) in [6.07, 6.45) is -0.875. The Labute approximate surface area is 80.4 Å². The largest absolute Gasteiger partial charge is 0.480 e. The lowest BCUT2D eigenvalue weighted by molar-refractivity contribution is -0.139. The zero-order valence-corrected chi connectivity index (χ0v) is 7.86. The standard InChI is InChI=1S/C7H12N2O5/c1-4(6(11)12)8-3-5(10)9-7(13)14-2/h4,8H,3H2,1-2H3,(H,11,12)(H,9,10,13). The highest BCUT2D eigenvalue weighted by Gasteiger charge is 2.12. The molecule has 0 radical (unpaired) electrons. The lowest BCUT2D eigenvalue weighted by Crippen LogP contribution is -2.43. The van der Waals surface area contributed by atoms with E-state index in [0.717, 1.165) is 7.11 Å². The molecule has 2 amide bonds. The van der Waals surface area contributed by atoms with Gasteiger partial charge in [-0.15, -0.1) is 0 Å². The van der Waals surface area contributed by atoms with E-state index >= 15 is 0 Å². The topological polar surface area (TPSA) is 105 Å². The Morgan fingerprint density at radius 2 is 2.00 bits per heavy atom. The van der Waals surface area contributed by atoms with Crippen LogP contribution < -0.4 is 10.6 Å². The Morgan fingerprint density at radius 1 is 1.43 bits per heavy atom. The van der Waals surface area contributed by atoms with E-state index in [1.165, 1.54) is 6.92 Å². The number of hydrogen-bond donors (Lipinski definition) is 3. The quantitative estimate of drug-likeness (QED) is 0.538. The van der Waals surface area contributed by atoms with Gasteiger partial charge in [0.25, 0.3) is 0 Å². The van der Waals surface area contributed by atoms with Crippen LogP contribution in [-0.4, -0.2) is 42.8 Å². The fraction of sp³-hybridized carbons (Fsp3) is 0.571. The van der Waals surface area contributed by atoms with Gasteiger partial charge in [0.15, 0.2) is 0 Å². The molecular weight excluding hydrogens is 192 g/mol. The lowest BCUT2D eigenvalue weighted by atomic mass is 10.3. The van der Waals surface area contributed by atoms with E-state index in [1.807, 2.05) is 5.32 Å². The number of amides is 2. The fourth-order valence-corrected chi connectivity index (χ4v) is 0.542. The zero-order chi connectivity index (χ0) is 11.1. The second-order valence-electron chi connectivity index (χ2n) is 2.48. The molecule has 0 aromatic carbocycles. The van der Waals surface area contributed by atoms with Gasteiger partial charge in [0.05, 0.1) is 13.7 Å². The van der Waals surface area contributed by atoms with E-state index in [4.69, 9.17) is 5.11 Å². The average Bonchev–Trinajstić information content (AvgIpc) is 2.13. The Bertz CT molecular complexity index is 240. The zero-order valence-electron chi connectivity index (χ0n) is 7.86. The molecule has 80 valence electrons. The Kier molecular flexibility index (Phi) is 5.23. The van der Waals surface area contributed by atoms with E-state index in [0.29, 0.717) is 0 Å². The lowest BCUT2D eigenvalue weighted by Gasteiger charge is -2.07. The summed E-state index contributed by atoms with van der Waals surface area (Å²) >= 11 is 0. The van der Waals surface area contributed by atoms with Crippen LogP contribution in [0.15, 0.2) is 0 Å². The minimum Gasteiger partial charge on any atom is -0.480 e. The van der Waals surface area contributed by atoms with E-state index in [9.17, 15) is 14.4 Å². The van der Waals surface area contributed by atoms with Crippen LogP contribution >= 0.6 is 0 Å². The fourth-order valence-electron chi connectivity index (χ4n) is 0.542. The van der Waals surface area contributed by atoms with Gasteiger partial charge in [0.1, 0.15) is 6.04 Å². The van der Waals surface area contributed by atoms with Crippen LogP contribution in [0.1, 0.15) is 6.92 Å². The number of rotatable bonds is 4. The molecule has 0 rings (SSSR count). The number of carbonyl (C=O) groups excluding carboxylic acids is 2. The van der Waals surface area contributed by atoms with Crippen molar-refractivity contribution in [1.29, 1.82) is 0 Å². The smallest absolute Gasteiger partial charge is 0.413 e. The highest BCUT2D eigenvalue weighted by molar-refractivity contribution is 5.93. The molecule has 0 aliphatic heterocycles. The van der Waals surface area contributed by atoms with Crippen LogP contribution in [-0.2, 0) is 14.3 Å². The van der Waals surface area contributed by atoms with Crippen molar-refractivity contribution in [1.82, 2.24) is 10.6 Å². The second-order valence-corrected chi connectivity index (χ2v) is 2.48. The number of carbonyl (C=O) groups is 3. The maximum Gasteiger partial charge on any atom is 0.413 e. The van der Waals surface area contributed by atoms with Crippen molar-refractivity contribution >= 4 is 18.0 Å². The molecule has 0 aliphatic carbocycles. The molecule has 0 bridgehead atoms. The molecule has 0 spiro atoms. The average molecular weight is 204 g/mol. The predicted molar refractivity (Wildman–Crippen MR) is 45.6 cm³/mol. The van der Waals surface area contributed by atoms with E-state index in [1.54, 1.807) is 0 Å². The SMILES string of the molecule is COC(=O)NC(=O)CNC(C)C(=O)O. The van der Waals surface area contributed by atoms with E-state index < -0.39 is 24.0 Å². The number of imide groups is 1. The molecular formula is C7H12N2O5. The normalized spacial score (nSPS) is 11.6. The molecule has 7 nitrogen and oxygen atoms in total. The first-order valence-electron chi connectivity index (χ1n) is 3.81. The first-order valence-corrected chi connectivity index (χ1v) is 3.81. The molecule has 0 aromatic rings. The molecule has 0 saturated carbocycles. The van der Waals surface area contributed by atoms with Gasteiger partial charge < -0.3 is 9.84 Å². The number of alkyl carbamates (subject to hydrolysis) is 1. The highest BCUT2D eigenvalue weighted by Crippen LogP contribution is 1.80. The summed E-state index contributed by atoms with van der Waals surface area (Å²) in [5.41, 5.74) is 0. The monoisotopic (exact) mass is 204 g/mol. The summed E-state index contributed by atoms with van der Waals surface area (Å²) in [6, 6.07) is -0.849. The van der Waals surface area contributed by atoms with Gasteiger partial charge in [-0.1, -0.05) is 0 Å². The third-order valence-electron chi connectivity index (χ3n) is 1.37. The van der Waals surface area contributed by atoms with Gasteiger partial charge in [-0.25, -0.2) is 4.79 Å². The van der Waals surface area contributed by atoms with Crippen LogP contribution in [0.25, 0.3) is 0 Å². The molecule has 1 atom stereocenters. The van der Waals surface area contributed by atoms with E-state index in [-0.39, 0.29) is 6.54 Å². The van der Waals surface area contributed by atoms with Crippen molar-refractivity contribution in [3.63, 3.8) is 0 Å². The maximum absolute atomic E-state index is 10.9. The van der Waals surface area contributed by atoms with Crippen molar-refractivity contribution in [3.05, 3.63) is 0 Å². The maximum atomic E-state index is 10.9. The number of nitrogens with one attached hydrogen (secondary N) is 2. The number of ether oxygens (including phenoxy) is 1. The van der Waals surface area contributed by atoms with Crippen molar-refractivity contribution in [2.45, 2.75) is 13.0 Å². The first-order chi connectivity index (χ1) is 6.47. The summed E-state index contributed by atoms with van der Waals surface area (Å²) in [4.78, 5) is 31.7. The van der Waals surface area contributed by atoms with E-state index in [2.05, 4.69) is 10.1 Å². The Hall–Kier alpha value is -1.63. The number of carboxylic acids is 1. The summed E-state index contributed by atoms with van der Waals surface area (Å²) < 4.78 is 4.16. The molecule has 3 N–H and O–H groups in total. The summed E-state index contributed by atoms with van der Waals surface area (Å²) in [5.74, 6) is -1.72. The van der Waals surface area contributed by atoms with Crippen LogP contribution in [0, 0.1) is 0 Å². The number of methoxy groups -OCH3 is 1. The summed E-state index contributed by atoms with van der Waals surface area (Å²) in [6.45, 7) is 1.12. The van der Waals surface area contributed by atoms with Crippen molar-refractivity contribution < 1.29 is 24.2 Å². The van der Waals surface area contributed by atoms with Crippen molar-refractivity contribution in [2.75, 3.05) is 13.7 Å². The van der Waals surface area contributed by atoms with Gasteiger partial charge in [-0.2, -0.15) is 0 Å². The van der Waals surface area contributed by atoms with Crippen LogP contribution in [0.3, 0.4) is 0 Å².